The SMILES string of the molecule is NCCNCC1CCCC(CC(=O)C[C@H]2Cc3cccc(C(=O)O)c3OB2O)C1. The van der Waals surface area contributed by atoms with E-state index < -0.39 is 13.1 Å². The Kier molecular flexibility index (Phi) is 7.69. The monoisotopic (exact) mass is 402 g/mol. The minimum atomic E-state index is -1.16. The van der Waals surface area contributed by atoms with Gasteiger partial charge in [-0.3, -0.25) is 4.79 Å². The number of rotatable bonds is 9. The molecular weight excluding hydrogens is 371 g/mol. The molecule has 1 fully saturated rings. The van der Waals surface area contributed by atoms with E-state index in [1.54, 1.807) is 12.1 Å². The lowest BCUT2D eigenvalue weighted by Crippen LogP contribution is -2.36. The maximum Gasteiger partial charge on any atom is 0.526 e. The van der Waals surface area contributed by atoms with Gasteiger partial charge >= 0.3 is 13.1 Å². The number of hydrogen-bond donors (Lipinski definition) is 4. The number of nitrogens with two attached hydrogens (primary N) is 1. The summed E-state index contributed by atoms with van der Waals surface area (Å²) in [5.74, 6) is -0.0695. The van der Waals surface area contributed by atoms with Gasteiger partial charge in [0.15, 0.2) is 0 Å². The van der Waals surface area contributed by atoms with Crippen molar-refractivity contribution < 1.29 is 24.4 Å². The van der Waals surface area contributed by atoms with Crippen molar-refractivity contribution in [2.45, 2.75) is 50.8 Å². The van der Waals surface area contributed by atoms with E-state index in [0.717, 1.165) is 37.9 Å². The molecule has 5 N–H and O–H groups in total. The minimum Gasteiger partial charge on any atom is -0.535 e. The van der Waals surface area contributed by atoms with Crippen LogP contribution >= 0.6 is 0 Å². The topological polar surface area (TPSA) is 122 Å². The molecule has 0 saturated heterocycles. The van der Waals surface area contributed by atoms with Gasteiger partial charge in [-0.2, -0.15) is 0 Å². The van der Waals surface area contributed by atoms with Gasteiger partial charge in [0.25, 0.3) is 0 Å². The zero-order valence-electron chi connectivity index (χ0n) is 16.8. The lowest BCUT2D eigenvalue weighted by atomic mass is 9.64. The van der Waals surface area contributed by atoms with E-state index in [0.29, 0.717) is 31.2 Å². The summed E-state index contributed by atoms with van der Waals surface area (Å²) in [6, 6.07) is 4.93. The van der Waals surface area contributed by atoms with Crippen LogP contribution in [0.2, 0.25) is 5.82 Å². The molecule has 2 unspecified atom stereocenters. The number of aromatic carboxylic acids is 1. The van der Waals surface area contributed by atoms with Crippen LogP contribution in [-0.2, 0) is 11.2 Å². The molecule has 29 heavy (non-hydrogen) atoms. The van der Waals surface area contributed by atoms with Crippen LogP contribution in [0.15, 0.2) is 18.2 Å². The summed E-state index contributed by atoms with van der Waals surface area (Å²) in [5.41, 5.74) is 6.30. The lowest BCUT2D eigenvalue weighted by Gasteiger charge is -2.30. The highest BCUT2D eigenvalue weighted by Crippen LogP contribution is 2.37. The summed E-state index contributed by atoms with van der Waals surface area (Å²) in [5, 5.41) is 23.0. The fourth-order valence-corrected chi connectivity index (χ4v) is 4.71. The number of benzene rings is 1. The third-order valence-corrected chi connectivity index (χ3v) is 6.10. The number of carbonyl (C=O) groups excluding carboxylic acids is 1. The minimum absolute atomic E-state index is 0.0443. The van der Waals surface area contributed by atoms with E-state index in [1.165, 1.54) is 12.5 Å². The number of Topliss-reactive ketones (excluding diaryl/α,β-unsaturated/α-hetero) is 1. The third-order valence-electron chi connectivity index (χ3n) is 6.10. The smallest absolute Gasteiger partial charge is 0.526 e. The van der Waals surface area contributed by atoms with E-state index in [2.05, 4.69) is 5.32 Å². The highest BCUT2D eigenvalue weighted by molar-refractivity contribution is 6.47. The van der Waals surface area contributed by atoms with Crippen molar-refractivity contribution in [2.75, 3.05) is 19.6 Å². The molecule has 7 nitrogen and oxygen atoms in total. The number of ketones is 1. The number of carbonyl (C=O) groups is 2. The van der Waals surface area contributed by atoms with Crippen LogP contribution < -0.4 is 15.7 Å². The molecule has 2 aliphatic rings. The van der Waals surface area contributed by atoms with Crippen LogP contribution in [-0.4, -0.2) is 48.6 Å². The normalized spacial score (nSPS) is 23.9. The van der Waals surface area contributed by atoms with Crippen molar-refractivity contribution >= 4 is 18.9 Å². The number of nitrogens with one attached hydrogen (secondary N) is 1. The van der Waals surface area contributed by atoms with Crippen molar-refractivity contribution in [1.29, 1.82) is 0 Å². The third kappa shape index (κ3) is 5.81. The van der Waals surface area contributed by atoms with Gasteiger partial charge < -0.3 is 25.8 Å². The Hall–Kier alpha value is -1.90. The van der Waals surface area contributed by atoms with Crippen LogP contribution in [0, 0.1) is 11.8 Å². The molecule has 1 saturated carbocycles. The quantitative estimate of drug-likeness (QED) is 0.367. The molecule has 158 valence electrons. The summed E-state index contributed by atoms with van der Waals surface area (Å²) in [7, 11) is -1.16. The Balaban J connectivity index is 1.53. The van der Waals surface area contributed by atoms with E-state index in [9.17, 15) is 19.7 Å². The first-order valence-electron chi connectivity index (χ1n) is 10.6. The molecule has 1 aromatic carbocycles. The molecule has 3 atom stereocenters. The van der Waals surface area contributed by atoms with Crippen molar-refractivity contribution in [1.82, 2.24) is 5.32 Å². The number of carboxylic acids is 1. The first kappa shape index (κ1) is 21.8. The second kappa shape index (κ2) is 10.2. The summed E-state index contributed by atoms with van der Waals surface area (Å²) < 4.78 is 5.50. The van der Waals surface area contributed by atoms with Crippen molar-refractivity contribution in [3.63, 3.8) is 0 Å². The van der Waals surface area contributed by atoms with Gasteiger partial charge in [-0.25, -0.2) is 4.79 Å². The summed E-state index contributed by atoms with van der Waals surface area (Å²) >= 11 is 0. The zero-order chi connectivity index (χ0) is 20.8. The average Bonchev–Trinajstić information content (AvgIpc) is 2.68. The van der Waals surface area contributed by atoms with Crippen LogP contribution in [0.25, 0.3) is 0 Å². The van der Waals surface area contributed by atoms with E-state index in [4.69, 9.17) is 10.4 Å². The standard InChI is InChI=1S/C21H31BN2O5/c23-7-8-24-13-15-4-1-3-14(9-15)10-18(25)12-17-11-16-5-2-6-19(21(26)27)20(16)29-22(17)28/h2,5-6,14-15,17,24,28H,1,3-4,7-13,23H2,(H,26,27)/t14?,15?,17-/m1/s1. The highest BCUT2D eigenvalue weighted by atomic mass is 16.5. The van der Waals surface area contributed by atoms with Crippen molar-refractivity contribution in [3.05, 3.63) is 29.3 Å². The molecule has 8 heteroatoms. The molecule has 3 rings (SSSR count). The van der Waals surface area contributed by atoms with Crippen LogP contribution in [0.5, 0.6) is 5.75 Å². The lowest BCUT2D eigenvalue weighted by molar-refractivity contribution is -0.120. The first-order chi connectivity index (χ1) is 14.0. The fourth-order valence-electron chi connectivity index (χ4n) is 4.71. The van der Waals surface area contributed by atoms with E-state index in [-0.39, 0.29) is 29.3 Å². The van der Waals surface area contributed by atoms with Crippen LogP contribution in [0.4, 0.5) is 0 Å². The van der Waals surface area contributed by atoms with Crippen molar-refractivity contribution in [2.24, 2.45) is 17.6 Å². The molecule has 1 aliphatic carbocycles. The Bertz CT molecular complexity index is 729. The molecule has 0 aromatic heterocycles. The number of fused-ring (bicyclic) bond motifs is 1. The molecule has 1 aliphatic heterocycles. The molecule has 1 aromatic rings. The van der Waals surface area contributed by atoms with Gasteiger partial charge in [-0.05, 0) is 49.3 Å². The fraction of sp³-hybridized carbons (Fsp3) is 0.619. The largest absolute Gasteiger partial charge is 0.535 e. The van der Waals surface area contributed by atoms with Gasteiger partial charge in [-0.1, -0.05) is 25.0 Å². The first-order valence-corrected chi connectivity index (χ1v) is 10.6. The van der Waals surface area contributed by atoms with Gasteiger partial charge in [0, 0.05) is 31.7 Å². The summed E-state index contributed by atoms with van der Waals surface area (Å²) in [6.45, 7) is 2.42. The number of para-hydroxylation sites is 1. The molecular formula is C21H31BN2O5. The number of carboxylic acid groups (broad SMARTS) is 1. The van der Waals surface area contributed by atoms with Gasteiger partial charge in [0.1, 0.15) is 11.5 Å². The average molecular weight is 402 g/mol. The van der Waals surface area contributed by atoms with Crippen LogP contribution in [0.1, 0.15) is 54.4 Å². The second-order valence-corrected chi connectivity index (χ2v) is 8.41. The Morgan fingerprint density at radius 1 is 1.24 bits per heavy atom. The van der Waals surface area contributed by atoms with Gasteiger partial charge in [-0.15, -0.1) is 0 Å². The predicted molar refractivity (Wildman–Crippen MR) is 111 cm³/mol. The predicted octanol–water partition coefficient (Wildman–Crippen LogP) is 1.87. The Morgan fingerprint density at radius 3 is 2.79 bits per heavy atom. The Morgan fingerprint density at radius 2 is 2.03 bits per heavy atom. The summed E-state index contributed by atoms with van der Waals surface area (Å²) in [6.07, 6.45) is 5.71. The zero-order valence-corrected chi connectivity index (χ0v) is 16.8. The molecule has 1 heterocycles. The van der Waals surface area contributed by atoms with Gasteiger partial charge in [0.05, 0.1) is 5.56 Å². The molecule has 0 bridgehead atoms. The second-order valence-electron chi connectivity index (χ2n) is 8.41. The van der Waals surface area contributed by atoms with Crippen molar-refractivity contribution in [3.8, 4) is 5.75 Å². The van der Waals surface area contributed by atoms with E-state index in [1.807, 2.05) is 0 Å². The van der Waals surface area contributed by atoms with Gasteiger partial charge in [0.2, 0.25) is 0 Å². The maximum absolute atomic E-state index is 12.7. The van der Waals surface area contributed by atoms with Crippen LogP contribution in [0.3, 0.4) is 0 Å². The number of hydrogen-bond acceptors (Lipinski definition) is 6. The molecule has 0 radical (unpaired) electrons. The Labute approximate surface area is 172 Å². The molecule has 0 spiro atoms. The maximum atomic E-state index is 12.7. The summed E-state index contributed by atoms with van der Waals surface area (Å²) in [4.78, 5) is 24.0. The highest BCUT2D eigenvalue weighted by Gasteiger charge is 2.38. The molecule has 0 amide bonds. The van der Waals surface area contributed by atoms with E-state index >= 15 is 0 Å².